The van der Waals surface area contributed by atoms with Crippen molar-refractivity contribution in [2.24, 2.45) is 0 Å². The number of rotatable bonds is 7. The maximum Gasteiger partial charge on any atom is 0.303 e. The summed E-state index contributed by atoms with van der Waals surface area (Å²) in [6, 6.07) is 3.96. The van der Waals surface area contributed by atoms with Crippen LogP contribution in [-0.2, 0) is 16.0 Å². The van der Waals surface area contributed by atoms with Crippen LogP contribution in [0.1, 0.15) is 56.2 Å². The molecular weight excluding hydrogens is 306 g/mol. The summed E-state index contributed by atoms with van der Waals surface area (Å²) < 4.78 is 5.59. The predicted octanol–water partition coefficient (Wildman–Crippen LogP) is 3.78. The number of carbonyl (C=O) groups excluding carboxylic acids is 1. The summed E-state index contributed by atoms with van der Waals surface area (Å²) in [6.45, 7) is 8.16. The van der Waals surface area contributed by atoms with Gasteiger partial charge in [-0.25, -0.2) is 0 Å². The quantitative estimate of drug-likeness (QED) is 0.809. The van der Waals surface area contributed by atoms with Gasteiger partial charge in [-0.3, -0.25) is 9.59 Å². The zero-order valence-corrected chi connectivity index (χ0v) is 14.7. The Bertz CT molecular complexity index is 745. The van der Waals surface area contributed by atoms with E-state index in [4.69, 9.17) is 9.52 Å². The van der Waals surface area contributed by atoms with Crippen LogP contribution in [0.25, 0.3) is 11.0 Å². The second-order valence-corrected chi connectivity index (χ2v) is 6.70. The number of hydrogen-bond donors (Lipinski definition) is 2. The molecule has 0 aliphatic heterocycles. The number of furan rings is 1. The first-order valence-electron chi connectivity index (χ1n) is 8.29. The molecule has 5 nitrogen and oxygen atoms in total. The third kappa shape index (κ3) is 4.37. The summed E-state index contributed by atoms with van der Waals surface area (Å²) in [6.07, 6.45) is 2.33. The van der Waals surface area contributed by atoms with Gasteiger partial charge in [-0.15, -0.1) is 0 Å². The SMILES string of the molecule is Cc1cc2occ(CC(=O)NC(C)CCC(=O)O)c2cc1C(C)C. The third-order valence-electron chi connectivity index (χ3n) is 4.21. The second kappa shape index (κ2) is 7.51. The number of carboxylic acid groups (broad SMARTS) is 1. The molecule has 1 aromatic carbocycles. The van der Waals surface area contributed by atoms with E-state index < -0.39 is 5.97 Å². The fourth-order valence-corrected chi connectivity index (χ4v) is 2.91. The Balaban J connectivity index is 2.10. The Kier molecular flexibility index (Phi) is 5.65. The summed E-state index contributed by atoms with van der Waals surface area (Å²) >= 11 is 0. The van der Waals surface area contributed by atoms with Crippen molar-refractivity contribution < 1.29 is 19.1 Å². The highest BCUT2D eigenvalue weighted by Crippen LogP contribution is 2.29. The van der Waals surface area contributed by atoms with Crippen molar-refractivity contribution in [2.45, 2.75) is 58.9 Å². The molecule has 130 valence electrons. The average molecular weight is 331 g/mol. The smallest absolute Gasteiger partial charge is 0.303 e. The van der Waals surface area contributed by atoms with Gasteiger partial charge >= 0.3 is 5.97 Å². The van der Waals surface area contributed by atoms with E-state index in [0.717, 1.165) is 16.5 Å². The van der Waals surface area contributed by atoms with E-state index in [1.807, 2.05) is 13.0 Å². The molecule has 0 aliphatic carbocycles. The molecule has 0 bridgehead atoms. The predicted molar refractivity (Wildman–Crippen MR) is 93.2 cm³/mol. The summed E-state index contributed by atoms with van der Waals surface area (Å²) in [7, 11) is 0. The van der Waals surface area contributed by atoms with Gasteiger partial charge in [0.25, 0.3) is 0 Å². The minimum absolute atomic E-state index is 0.0487. The van der Waals surface area contributed by atoms with Gasteiger partial charge in [-0.2, -0.15) is 0 Å². The zero-order valence-electron chi connectivity index (χ0n) is 14.7. The normalized spacial score (nSPS) is 12.5. The molecule has 5 heteroatoms. The van der Waals surface area contributed by atoms with Crippen molar-refractivity contribution in [2.75, 3.05) is 0 Å². The zero-order chi connectivity index (χ0) is 17.9. The Labute approximate surface area is 142 Å². The van der Waals surface area contributed by atoms with Gasteiger partial charge in [0.15, 0.2) is 0 Å². The topological polar surface area (TPSA) is 79.5 Å². The van der Waals surface area contributed by atoms with Crippen molar-refractivity contribution >= 4 is 22.8 Å². The number of aliphatic carboxylic acids is 1. The number of benzene rings is 1. The van der Waals surface area contributed by atoms with E-state index in [9.17, 15) is 9.59 Å². The Morgan fingerprint density at radius 3 is 2.58 bits per heavy atom. The average Bonchev–Trinajstić information content (AvgIpc) is 2.85. The van der Waals surface area contributed by atoms with Crippen LogP contribution in [0, 0.1) is 6.92 Å². The van der Waals surface area contributed by atoms with Gasteiger partial charge in [-0.05, 0) is 49.4 Å². The standard InChI is InChI=1S/C19H25NO4/c1-11(2)15-9-16-14(10-24-17(16)7-12(15)3)8-18(21)20-13(4)5-6-19(22)23/h7,9-11,13H,5-6,8H2,1-4H3,(H,20,21)(H,22,23). The lowest BCUT2D eigenvalue weighted by Gasteiger charge is -2.13. The minimum Gasteiger partial charge on any atom is -0.481 e. The van der Waals surface area contributed by atoms with Gasteiger partial charge in [0, 0.05) is 23.4 Å². The fraction of sp³-hybridized carbons (Fsp3) is 0.474. The second-order valence-electron chi connectivity index (χ2n) is 6.70. The van der Waals surface area contributed by atoms with Crippen LogP contribution >= 0.6 is 0 Å². The van der Waals surface area contributed by atoms with Crippen molar-refractivity contribution in [1.82, 2.24) is 5.32 Å². The van der Waals surface area contributed by atoms with E-state index >= 15 is 0 Å². The highest BCUT2D eigenvalue weighted by atomic mass is 16.4. The van der Waals surface area contributed by atoms with Crippen LogP contribution in [0.15, 0.2) is 22.8 Å². The lowest BCUT2D eigenvalue weighted by atomic mass is 9.95. The lowest BCUT2D eigenvalue weighted by molar-refractivity contribution is -0.137. The van der Waals surface area contributed by atoms with Crippen LogP contribution < -0.4 is 5.32 Å². The van der Waals surface area contributed by atoms with Crippen LogP contribution in [-0.4, -0.2) is 23.0 Å². The molecule has 24 heavy (non-hydrogen) atoms. The highest BCUT2D eigenvalue weighted by Gasteiger charge is 2.15. The molecule has 0 spiro atoms. The molecule has 2 N–H and O–H groups in total. The molecule has 0 saturated carbocycles. The Morgan fingerprint density at radius 1 is 1.25 bits per heavy atom. The van der Waals surface area contributed by atoms with Gasteiger partial charge in [0.05, 0.1) is 12.7 Å². The van der Waals surface area contributed by atoms with Crippen molar-refractivity contribution in [3.63, 3.8) is 0 Å². The monoisotopic (exact) mass is 331 g/mol. The first-order chi connectivity index (χ1) is 11.3. The molecule has 0 fully saturated rings. The molecule has 2 aromatic rings. The fourth-order valence-electron chi connectivity index (χ4n) is 2.91. The van der Waals surface area contributed by atoms with E-state index in [0.29, 0.717) is 12.3 Å². The van der Waals surface area contributed by atoms with Crippen molar-refractivity contribution in [1.29, 1.82) is 0 Å². The largest absolute Gasteiger partial charge is 0.481 e. The number of nitrogens with one attached hydrogen (secondary N) is 1. The molecule has 2 rings (SSSR count). The van der Waals surface area contributed by atoms with Gasteiger partial charge in [-0.1, -0.05) is 13.8 Å². The van der Waals surface area contributed by atoms with Gasteiger partial charge in [0.2, 0.25) is 5.91 Å². The number of carbonyl (C=O) groups is 2. The number of fused-ring (bicyclic) bond motifs is 1. The minimum atomic E-state index is -0.853. The van der Waals surface area contributed by atoms with Crippen LogP contribution in [0.2, 0.25) is 0 Å². The maximum atomic E-state index is 12.2. The van der Waals surface area contributed by atoms with Crippen LogP contribution in [0.4, 0.5) is 0 Å². The van der Waals surface area contributed by atoms with Gasteiger partial charge in [0.1, 0.15) is 5.58 Å². The van der Waals surface area contributed by atoms with E-state index in [1.165, 1.54) is 11.1 Å². The van der Waals surface area contributed by atoms with Crippen LogP contribution in [0.5, 0.6) is 0 Å². The molecule has 1 aromatic heterocycles. The van der Waals surface area contributed by atoms with E-state index in [-0.39, 0.29) is 24.8 Å². The number of carboxylic acids is 1. The van der Waals surface area contributed by atoms with Crippen molar-refractivity contribution in [3.8, 4) is 0 Å². The maximum absolute atomic E-state index is 12.2. The molecular formula is C19H25NO4. The number of amides is 1. The summed E-state index contributed by atoms with van der Waals surface area (Å²) in [5.41, 5.74) is 4.08. The molecule has 0 aliphatic rings. The Hall–Kier alpha value is -2.30. The summed E-state index contributed by atoms with van der Waals surface area (Å²) in [5, 5.41) is 12.5. The Morgan fingerprint density at radius 2 is 1.96 bits per heavy atom. The van der Waals surface area contributed by atoms with E-state index in [1.54, 1.807) is 6.26 Å². The first kappa shape index (κ1) is 18.0. The summed E-state index contributed by atoms with van der Waals surface area (Å²) in [5.74, 6) is -0.571. The lowest BCUT2D eigenvalue weighted by Crippen LogP contribution is -2.34. The molecule has 1 amide bonds. The van der Waals surface area contributed by atoms with E-state index in [2.05, 4.69) is 32.2 Å². The van der Waals surface area contributed by atoms with Gasteiger partial charge < -0.3 is 14.8 Å². The highest BCUT2D eigenvalue weighted by molar-refractivity contribution is 5.88. The molecule has 1 heterocycles. The molecule has 0 saturated heterocycles. The summed E-state index contributed by atoms with van der Waals surface area (Å²) in [4.78, 5) is 22.8. The number of aryl methyl sites for hydroxylation is 1. The third-order valence-corrected chi connectivity index (χ3v) is 4.21. The van der Waals surface area contributed by atoms with Crippen LogP contribution in [0.3, 0.4) is 0 Å². The molecule has 1 unspecified atom stereocenters. The number of hydrogen-bond acceptors (Lipinski definition) is 3. The molecule has 1 atom stereocenters. The molecule has 0 radical (unpaired) electrons. The first-order valence-corrected chi connectivity index (χ1v) is 8.29. The van der Waals surface area contributed by atoms with Crippen molar-refractivity contribution in [3.05, 3.63) is 35.1 Å².